The molecule has 1 aromatic carbocycles. The molecule has 0 spiro atoms. The third kappa shape index (κ3) is 5.54. The molecular formula is C11H18Cl2N2O3S. The molecule has 0 bridgehead atoms. The normalized spacial score (nSPS) is 10.9. The van der Waals surface area contributed by atoms with Crippen LogP contribution in [0.25, 0.3) is 0 Å². The van der Waals surface area contributed by atoms with Crippen molar-refractivity contribution in [3.63, 3.8) is 0 Å². The standard InChI is InChI=1S/C11H17ClN2O3S.ClH/c1-17-9-4-5-10(12)11(8-9)18(15,16)14-7-3-2-6-13;/h4-5,8,14H,2-3,6-7,13H2,1H3;1H. The van der Waals surface area contributed by atoms with Crippen molar-refractivity contribution >= 4 is 34.0 Å². The lowest BCUT2D eigenvalue weighted by atomic mass is 10.3. The number of methoxy groups -OCH3 is 1. The summed E-state index contributed by atoms with van der Waals surface area (Å²) in [5.74, 6) is 0.446. The van der Waals surface area contributed by atoms with Crippen molar-refractivity contribution in [2.45, 2.75) is 17.7 Å². The van der Waals surface area contributed by atoms with E-state index in [1.54, 1.807) is 6.07 Å². The molecule has 0 atom stereocenters. The van der Waals surface area contributed by atoms with Crippen LogP contribution in [-0.4, -0.2) is 28.6 Å². The molecule has 5 nitrogen and oxygen atoms in total. The first-order chi connectivity index (χ1) is 8.51. The molecule has 0 saturated carbocycles. The largest absolute Gasteiger partial charge is 0.497 e. The van der Waals surface area contributed by atoms with Crippen LogP contribution in [0.15, 0.2) is 23.1 Å². The van der Waals surface area contributed by atoms with E-state index >= 15 is 0 Å². The van der Waals surface area contributed by atoms with Gasteiger partial charge in [0.2, 0.25) is 10.0 Å². The first-order valence-electron chi connectivity index (χ1n) is 5.54. The van der Waals surface area contributed by atoms with Crippen LogP contribution in [0.5, 0.6) is 5.75 Å². The summed E-state index contributed by atoms with van der Waals surface area (Å²) < 4.78 is 31.5. The average molecular weight is 329 g/mol. The van der Waals surface area contributed by atoms with E-state index in [9.17, 15) is 8.42 Å². The molecule has 0 amide bonds. The van der Waals surface area contributed by atoms with Gasteiger partial charge in [0.1, 0.15) is 10.6 Å². The highest BCUT2D eigenvalue weighted by atomic mass is 35.5. The zero-order chi connectivity index (χ0) is 13.6. The molecule has 3 N–H and O–H groups in total. The molecule has 0 fully saturated rings. The van der Waals surface area contributed by atoms with Crippen LogP contribution in [0.4, 0.5) is 0 Å². The predicted molar refractivity (Wildman–Crippen MR) is 78.7 cm³/mol. The second-order valence-electron chi connectivity index (χ2n) is 3.69. The number of ether oxygens (including phenoxy) is 1. The van der Waals surface area contributed by atoms with Gasteiger partial charge in [-0.1, -0.05) is 11.6 Å². The van der Waals surface area contributed by atoms with E-state index in [-0.39, 0.29) is 22.3 Å². The summed E-state index contributed by atoms with van der Waals surface area (Å²) in [5.41, 5.74) is 5.34. The number of unbranched alkanes of at least 4 members (excludes halogenated alkanes) is 1. The molecule has 0 aliphatic carbocycles. The Balaban J connectivity index is 0.00000324. The Hall–Kier alpha value is -0.530. The highest BCUT2D eigenvalue weighted by Gasteiger charge is 2.18. The van der Waals surface area contributed by atoms with E-state index < -0.39 is 10.0 Å². The fourth-order valence-electron chi connectivity index (χ4n) is 1.37. The average Bonchev–Trinajstić information content (AvgIpc) is 2.35. The summed E-state index contributed by atoms with van der Waals surface area (Å²) in [6, 6.07) is 4.50. The van der Waals surface area contributed by atoms with Crippen molar-refractivity contribution in [3.8, 4) is 5.75 Å². The highest BCUT2D eigenvalue weighted by Crippen LogP contribution is 2.25. The maximum atomic E-state index is 12.0. The Kier molecular flexibility index (Phi) is 8.36. The number of hydrogen-bond acceptors (Lipinski definition) is 4. The second-order valence-corrected chi connectivity index (χ2v) is 5.83. The number of halogens is 2. The molecule has 110 valence electrons. The van der Waals surface area contributed by atoms with E-state index in [0.717, 1.165) is 6.42 Å². The topological polar surface area (TPSA) is 81.4 Å². The summed E-state index contributed by atoms with van der Waals surface area (Å²) in [7, 11) is -2.14. The molecule has 0 unspecified atom stereocenters. The van der Waals surface area contributed by atoms with Crippen LogP contribution in [0.3, 0.4) is 0 Å². The van der Waals surface area contributed by atoms with Crippen LogP contribution in [0.1, 0.15) is 12.8 Å². The van der Waals surface area contributed by atoms with Gasteiger partial charge < -0.3 is 10.5 Å². The molecule has 0 heterocycles. The molecular weight excluding hydrogens is 311 g/mol. The second kappa shape index (κ2) is 8.60. The fourth-order valence-corrected chi connectivity index (χ4v) is 2.96. The molecule has 0 radical (unpaired) electrons. The van der Waals surface area contributed by atoms with Gasteiger partial charge in [0.15, 0.2) is 0 Å². The van der Waals surface area contributed by atoms with Crippen molar-refractivity contribution in [2.75, 3.05) is 20.2 Å². The molecule has 0 aliphatic heterocycles. The molecule has 19 heavy (non-hydrogen) atoms. The number of hydrogen-bond donors (Lipinski definition) is 2. The Morgan fingerprint density at radius 3 is 2.63 bits per heavy atom. The Morgan fingerprint density at radius 1 is 1.37 bits per heavy atom. The van der Waals surface area contributed by atoms with Crippen LogP contribution in [0.2, 0.25) is 5.02 Å². The SMILES string of the molecule is COc1ccc(Cl)c(S(=O)(=O)NCCCCN)c1.Cl. The van der Waals surface area contributed by atoms with Crippen LogP contribution < -0.4 is 15.2 Å². The van der Waals surface area contributed by atoms with Crippen molar-refractivity contribution in [1.29, 1.82) is 0 Å². The summed E-state index contributed by atoms with van der Waals surface area (Å²) in [4.78, 5) is 0.0243. The Bertz CT molecular complexity index is 495. The zero-order valence-electron chi connectivity index (χ0n) is 10.6. The number of rotatable bonds is 7. The van der Waals surface area contributed by atoms with Gasteiger partial charge in [0.25, 0.3) is 0 Å². The third-order valence-corrected chi connectivity index (χ3v) is 4.29. The molecule has 8 heteroatoms. The third-order valence-electron chi connectivity index (χ3n) is 2.35. The quantitative estimate of drug-likeness (QED) is 0.747. The van der Waals surface area contributed by atoms with E-state index in [1.165, 1.54) is 19.2 Å². The maximum absolute atomic E-state index is 12.0. The van der Waals surface area contributed by atoms with Gasteiger partial charge in [-0.2, -0.15) is 0 Å². The number of benzene rings is 1. The summed E-state index contributed by atoms with van der Waals surface area (Å²) in [5, 5.41) is 0.169. The lowest BCUT2D eigenvalue weighted by molar-refractivity contribution is 0.413. The van der Waals surface area contributed by atoms with Gasteiger partial charge in [-0.15, -0.1) is 12.4 Å². The van der Waals surface area contributed by atoms with Gasteiger partial charge in [-0.05, 0) is 31.5 Å². The van der Waals surface area contributed by atoms with Crippen molar-refractivity contribution < 1.29 is 13.2 Å². The minimum absolute atomic E-state index is 0. The summed E-state index contributed by atoms with van der Waals surface area (Å²) in [6.45, 7) is 0.884. The predicted octanol–water partition coefficient (Wildman–Crippen LogP) is 1.79. The lowest BCUT2D eigenvalue weighted by Gasteiger charge is -2.09. The fraction of sp³-hybridized carbons (Fsp3) is 0.455. The van der Waals surface area contributed by atoms with E-state index in [1.807, 2.05) is 0 Å². The Morgan fingerprint density at radius 2 is 2.05 bits per heavy atom. The molecule has 1 aromatic rings. The number of nitrogens with one attached hydrogen (secondary N) is 1. The van der Waals surface area contributed by atoms with Crippen molar-refractivity contribution in [3.05, 3.63) is 23.2 Å². The van der Waals surface area contributed by atoms with Crippen molar-refractivity contribution in [2.24, 2.45) is 5.73 Å². The molecule has 0 aromatic heterocycles. The van der Waals surface area contributed by atoms with E-state index in [0.29, 0.717) is 25.3 Å². The maximum Gasteiger partial charge on any atom is 0.242 e. The minimum Gasteiger partial charge on any atom is -0.497 e. The lowest BCUT2D eigenvalue weighted by Crippen LogP contribution is -2.25. The highest BCUT2D eigenvalue weighted by molar-refractivity contribution is 7.89. The first kappa shape index (κ1) is 18.5. The first-order valence-corrected chi connectivity index (χ1v) is 7.40. The smallest absolute Gasteiger partial charge is 0.242 e. The van der Waals surface area contributed by atoms with E-state index in [2.05, 4.69) is 4.72 Å². The molecule has 1 rings (SSSR count). The minimum atomic E-state index is -3.61. The van der Waals surface area contributed by atoms with E-state index in [4.69, 9.17) is 22.1 Å². The monoisotopic (exact) mass is 328 g/mol. The summed E-state index contributed by atoms with van der Waals surface area (Å²) >= 11 is 5.88. The number of sulfonamides is 1. The van der Waals surface area contributed by atoms with Crippen molar-refractivity contribution in [1.82, 2.24) is 4.72 Å². The van der Waals surface area contributed by atoms with Gasteiger partial charge in [0, 0.05) is 12.6 Å². The van der Waals surface area contributed by atoms with Crippen LogP contribution >= 0.6 is 24.0 Å². The van der Waals surface area contributed by atoms with Gasteiger partial charge in [0.05, 0.1) is 12.1 Å². The summed E-state index contributed by atoms with van der Waals surface area (Å²) in [6.07, 6.45) is 1.46. The van der Waals surface area contributed by atoms with Gasteiger partial charge in [-0.3, -0.25) is 0 Å². The van der Waals surface area contributed by atoms with Crippen LogP contribution in [-0.2, 0) is 10.0 Å². The molecule has 0 saturated heterocycles. The number of nitrogens with two attached hydrogens (primary N) is 1. The van der Waals surface area contributed by atoms with Gasteiger partial charge >= 0.3 is 0 Å². The van der Waals surface area contributed by atoms with Crippen LogP contribution in [0, 0.1) is 0 Å². The Labute approximate surface area is 124 Å². The zero-order valence-corrected chi connectivity index (χ0v) is 12.9. The van der Waals surface area contributed by atoms with Gasteiger partial charge in [-0.25, -0.2) is 13.1 Å². The molecule has 0 aliphatic rings.